The summed E-state index contributed by atoms with van der Waals surface area (Å²) in [5, 5.41) is 3.06. The number of nitrogens with zero attached hydrogens (tertiary/aromatic N) is 1. The average molecular weight is 441 g/mol. The molecule has 2 aromatic rings. The maximum atomic E-state index is 5.90. The molecule has 0 aliphatic heterocycles. The van der Waals surface area contributed by atoms with Crippen LogP contribution in [0.25, 0.3) is 0 Å². The Morgan fingerprint density at radius 3 is 2.38 bits per heavy atom. The molecule has 0 radical (unpaired) electrons. The van der Waals surface area contributed by atoms with E-state index in [2.05, 4.69) is 10.3 Å². The fraction of sp³-hybridized carbons (Fsp3) is 0.278. The number of anilines is 1. The van der Waals surface area contributed by atoms with E-state index in [1.165, 1.54) is 5.56 Å². The first-order valence-corrected chi connectivity index (χ1v) is 7.52. The average Bonchev–Trinajstić information content (AvgIpc) is 2.55. The summed E-state index contributed by atoms with van der Waals surface area (Å²) in [5.41, 5.74) is 8.01. The number of nitrogens with two attached hydrogens (primary N) is 1. The van der Waals surface area contributed by atoms with Crippen LogP contribution in [0.15, 0.2) is 53.5 Å². The van der Waals surface area contributed by atoms with Crippen LogP contribution in [0.1, 0.15) is 12.5 Å². The van der Waals surface area contributed by atoms with Gasteiger partial charge in [-0.15, -0.1) is 24.0 Å². The van der Waals surface area contributed by atoms with E-state index >= 15 is 0 Å². The van der Waals surface area contributed by atoms with Crippen LogP contribution in [-0.4, -0.2) is 25.7 Å². The summed E-state index contributed by atoms with van der Waals surface area (Å²) in [4.78, 5) is 4.31. The molecule has 3 N–H and O–H groups in total. The molecule has 0 spiro atoms. The summed E-state index contributed by atoms with van der Waals surface area (Å²) in [6.45, 7) is 4.43. The van der Waals surface area contributed by atoms with Crippen molar-refractivity contribution in [1.29, 1.82) is 0 Å². The highest BCUT2D eigenvalue weighted by molar-refractivity contribution is 14.0. The lowest BCUT2D eigenvalue weighted by Crippen LogP contribution is -2.25. The van der Waals surface area contributed by atoms with Crippen molar-refractivity contribution >= 4 is 35.6 Å². The van der Waals surface area contributed by atoms with Gasteiger partial charge >= 0.3 is 0 Å². The van der Waals surface area contributed by atoms with Crippen molar-refractivity contribution in [3.05, 3.63) is 54.1 Å². The van der Waals surface area contributed by atoms with Crippen LogP contribution in [0.3, 0.4) is 0 Å². The van der Waals surface area contributed by atoms with Crippen molar-refractivity contribution in [3.63, 3.8) is 0 Å². The van der Waals surface area contributed by atoms with E-state index in [0.29, 0.717) is 24.0 Å². The normalized spacial score (nSPS) is 12.0. The fourth-order valence-corrected chi connectivity index (χ4v) is 2.02. The fourth-order valence-electron chi connectivity index (χ4n) is 2.02. The Labute approximate surface area is 160 Å². The van der Waals surface area contributed by atoms with Gasteiger partial charge in [-0.1, -0.05) is 29.8 Å². The number of methoxy groups -OCH3 is 1. The second-order valence-corrected chi connectivity index (χ2v) is 5.30. The molecule has 0 fully saturated rings. The van der Waals surface area contributed by atoms with Crippen molar-refractivity contribution in [2.75, 3.05) is 19.0 Å². The van der Waals surface area contributed by atoms with Crippen LogP contribution < -0.4 is 20.5 Å². The van der Waals surface area contributed by atoms with E-state index in [4.69, 9.17) is 15.2 Å². The Morgan fingerprint density at radius 1 is 1.12 bits per heavy atom. The third kappa shape index (κ3) is 6.27. The predicted molar refractivity (Wildman–Crippen MR) is 110 cm³/mol. The van der Waals surface area contributed by atoms with Gasteiger partial charge in [-0.2, -0.15) is 0 Å². The molecule has 5 nitrogen and oxygen atoms in total. The van der Waals surface area contributed by atoms with Gasteiger partial charge in [0.2, 0.25) is 0 Å². The molecule has 130 valence electrons. The quantitative estimate of drug-likeness (QED) is 0.407. The van der Waals surface area contributed by atoms with Crippen molar-refractivity contribution in [3.8, 4) is 11.5 Å². The molecule has 0 saturated heterocycles. The van der Waals surface area contributed by atoms with Crippen molar-refractivity contribution in [1.82, 2.24) is 0 Å². The van der Waals surface area contributed by atoms with E-state index in [0.717, 1.165) is 5.69 Å². The number of rotatable bonds is 6. The molecule has 1 atom stereocenters. The third-order valence-corrected chi connectivity index (χ3v) is 3.24. The van der Waals surface area contributed by atoms with E-state index in [1.807, 2.05) is 62.4 Å². The molecule has 0 saturated carbocycles. The molecular weight excluding hydrogens is 417 g/mol. The smallest absolute Gasteiger partial charge is 0.193 e. The molecule has 0 aromatic heterocycles. The Hall–Kier alpha value is -1.96. The summed E-state index contributed by atoms with van der Waals surface area (Å²) in [6, 6.07) is 15.5. The van der Waals surface area contributed by atoms with Crippen LogP contribution in [0.2, 0.25) is 0 Å². The topological polar surface area (TPSA) is 68.9 Å². The lowest BCUT2D eigenvalue weighted by Gasteiger charge is -2.15. The van der Waals surface area contributed by atoms with E-state index < -0.39 is 0 Å². The zero-order chi connectivity index (χ0) is 16.7. The van der Waals surface area contributed by atoms with Crippen molar-refractivity contribution < 1.29 is 9.47 Å². The Bertz CT molecular complexity index is 660. The summed E-state index contributed by atoms with van der Waals surface area (Å²) in [6.07, 6.45) is -0.121. The number of ether oxygens (including phenoxy) is 2. The molecule has 0 amide bonds. The largest absolute Gasteiger partial charge is 0.493 e. The summed E-state index contributed by atoms with van der Waals surface area (Å²) in [7, 11) is 1.62. The molecule has 2 rings (SSSR count). The molecule has 24 heavy (non-hydrogen) atoms. The molecule has 0 bridgehead atoms. The van der Waals surface area contributed by atoms with Gasteiger partial charge in [0.05, 0.1) is 13.7 Å². The number of para-hydroxylation sites is 2. The highest BCUT2D eigenvalue weighted by Gasteiger charge is 2.08. The van der Waals surface area contributed by atoms with E-state index in [-0.39, 0.29) is 30.1 Å². The SMILES string of the molecule is COc1ccccc1OC(C)CN=C(N)Nc1ccc(C)cc1.I. The van der Waals surface area contributed by atoms with Crippen LogP contribution in [0.4, 0.5) is 5.69 Å². The Balaban J connectivity index is 0.00000288. The van der Waals surface area contributed by atoms with Crippen molar-refractivity contribution in [2.24, 2.45) is 10.7 Å². The number of benzene rings is 2. The number of nitrogens with one attached hydrogen (secondary N) is 1. The highest BCUT2D eigenvalue weighted by atomic mass is 127. The van der Waals surface area contributed by atoms with E-state index in [9.17, 15) is 0 Å². The molecular formula is C18H24IN3O2. The first-order valence-electron chi connectivity index (χ1n) is 7.52. The molecule has 1 unspecified atom stereocenters. The predicted octanol–water partition coefficient (Wildman–Crippen LogP) is 3.82. The minimum Gasteiger partial charge on any atom is -0.493 e. The number of guanidine groups is 1. The minimum absolute atomic E-state index is 0. The van der Waals surface area contributed by atoms with Crippen LogP contribution >= 0.6 is 24.0 Å². The van der Waals surface area contributed by atoms with Gasteiger partial charge in [-0.3, -0.25) is 0 Å². The zero-order valence-corrected chi connectivity index (χ0v) is 16.5. The number of hydrogen-bond acceptors (Lipinski definition) is 3. The number of aryl methyl sites for hydroxylation is 1. The summed E-state index contributed by atoms with van der Waals surface area (Å²) in [5.74, 6) is 1.76. The summed E-state index contributed by atoms with van der Waals surface area (Å²) >= 11 is 0. The number of halogens is 1. The van der Waals surface area contributed by atoms with E-state index in [1.54, 1.807) is 7.11 Å². The zero-order valence-electron chi connectivity index (χ0n) is 14.2. The number of aliphatic imine (C=N–C) groups is 1. The summed E-state index contributed by atoms with van der Waals surface area (Å²) < 4.78 is 11.1. The molecule has 0 aliphatic rings. The molecule has 0 heterocycles. The third-order valence-electron chi connectivity index (χ3n) is 3.24. The lowest BCUT2D eigenvalue weighted by molar-refractivity contribution is 0.219. The Kier molecular flexibility index (Phi) is 8.39. The van der Waals surface area contributed by atoms with Crippen LogP contribution in [-0.2, 0) is 0 Å². The maximum absolute atomic E-state index is 5.90. The minimum atomic E-state index is -0.121. The molecule has 2 aromatic carbocycles. The van der Waals surface area contributed by atoms with Gasteiger partial charge in [0, 0.05) is 5.69 Å². The first-order chi connectivity index (χ1) is 11.1. The number of hydrogen-bond donors (Lipinski definition) is 2. The van der Waals surface area contributed by atoms with Gasteiger partial charge in [0.1, 0.15) is 6.10 Å². The van der Waals surface area contributed by atoms with Gasteiger partial charge in [0.25, 0.3) is 0 Å². The van der Waals surface area contributed by atoms with Crippen LogP contribution in [0, 0.1) is 6.92 Å². The second kappa shape index (κ2) is 10.0. The molecule has 0 aliphatic carbocycles. The highest BCUT2D eigenvalue weighted by Crippen LogP contribution is 2.26. The van der Waals surface area contributed by atoms with Crippen molar-refractivity contribution in [2.45, 2.75) is 20.0 Å². The molecule has 6 heteroatoms. The first kappa shape index (κ1) is 20.1. The maximum Gasteiger partial charge on any atom is 0.193 e. The standard InChI is InChI=1S/C18H23N3O2.HI/c1-13-8-10-15(11-9-13)21-18(19)20-12-14(2)23-17-7-5-4-6-16(17)22-3;/h4-11,14H,12H2,1-3H3,(H3,19,20,21);1H. The van der Waals surface area contributed by atoms with Gasteiger partial charge in [-0.05, 0) is 38.1 Å². The van der Waals surface area contributed by atoms with Gasteiger partial charge < -0.3 is 20.5 Å². The monoisotopic (exact) mass is 441 g/mol. The second-order valence-electron chi connectivity index (χ2n) is 5.30. The van der Waals surface area contributed by atoms with Crippen LogP contribution in [0.5, 0.6) is 11.5 Å². The van der Waals surface area contributed by atoms with Gasteiger partial charge in [0.15, 0.2) is 17.5 Å². The Morgan fingerprint density at radius 2 is 1.75 bits per heavy atom. The lowest BCUT2D eigenvalue weighted by atomic mass is 10.2. The van der Waals surface area contributed by atoms with Gasteiger partial charge in [-0.25, -0.2) is 4.99 Å².